The Labute approximate surface area is 118 Å². The number of carboxylic acids is 1. The van der Waals surface area contributed by atoms with E-state index in [1.54, 1.807) is 4.90 Å². The van der Waals surface area contributed by atoms with Gasteiger partial charge >= 0.3 is 12.0 Å². The van der Waals surface area contributed by atoms with Crippen LogP contribution in [-0.4, -0.2) is 64.3 Å². The van der Waals surface area contributed by atoms with Crippen LogP contribution in [0.15, 0.2) is 0 Å². The fourth-order valence-electron chi connectivity index (χ4n) is 1.45. The second-order valence-electron chi connectivity index (χ2n) is 4.64. The molecule has 4 N–H and O–H groups in total. The number of carbonyl (C=O) groups excluding carboxylic acids is 2. The second-order valence-corrected chi connectivity index (χ2v) is 4.64. The van der Waals surface area contributed by atoms with E-state index in [9.17, 15) is 19.5 Å². The summed E-state index contributed by atoms with van der Waals surface area (Å²) in [4.78, 5) is 35.6. The Morgan fingerprint density at radius 3 is 2.15 bits per heavy atom. The second kappa shape index (κ2) is 7.68. The Kier molecular flexibility index (Phi) is 6.98. The van der Waals surface area contributed by atoms with Gasteiger partial charge in [-0.15, -0.1) is 0 Å². The molecule has 0 fully saturated rings. The highest BCUT2D eigenvalue weighted by Gasteiger charge is 2.30. The van der Waals surface area contributed by atoms with Crippen molar-refractivity contribution in [3.8, 4) is 0 Å². The van der Waals surface area contributed by atoms with Crippen LogP contribution < -0.4 is 10.6 Å². The highest BCUT2D eigenvalue weighted by molar-refractivity contribution is 5.87. The number of nitrogens with zero attached hydrogens (tertiary/aromatic N) is 1. The standard InChI is InChI=1S/C12H23N3O5/c1-5-15(6-2)9(16)8(3)14-11(19)13-7-12(4,20)10(17)18/h8,20H,5-7H2,1-4H3,(H,17,18)(H2,13,14,19). The Balaban J connectivity index is 4.34. The zero-order chi connectivity index (χ0) is 15.9. The molecule has 3 amide bonds. The van der Waals surface area contributed by atoms with Gasteiger partial charge in [-0.05, 0) is 27.7 Å². The van der Waals surface area contributed by atoms with Gasteiger partial charge in [-0.2, -0.15) is 0 Å². The SMILES string of the molecule is CCN(CC)C(=O)C(C)NC(=O)NCC(C)(O)C(=O)O. The van der Waals surface area contributed by atoms with E-state index in [1.165, 1.54) is 6.92 Å². The molecule has 0 aromatic rings. The molecular weight excluding hydrogens is 266 g/mol. The number of rotatable bonds is 7. The first kappa shape index (κ1) is 18.2. The monoisotopic (exact) mass is 289 g/mol. The summed E-state index contributed by atoms with van der Waals surface area (Å²) in [6.07, 6.45) is 0. The number of amides is 3. The molecule has 8 nitrogen and oxygen atoms in total. The number of hydrogen-bond acceptors (Lipinski definition) is 4. The molecule has 0 rings (SSSR count). The molecule has 0 aliphatic heterocycles. The van der Waals surface area contributed by atoms with Crippen LogP contribution in [0.5, 0.6) is 0 Å². The van der Waals surface area contributed by atoms with Gasteiger partial charge in [0.1, 0.15) is 6.04 Å². The van der Waals surface area contributed by atoms with E-state index < -0.39 is 30.2 Å². The summed E-state index contributed by atoms with van der Waals surface area (Å²) in [6, 6.07) is -1.44. The molecule has 0 saturated carbocycles. The predicted octanol–water partition coefficient (Wildman–Crippen LogP) is -0.622. The zero-order valence-corrected chi connectivity index (χ0v) is 12.3. The first-order chi connectivity index (χ1) is 9.15. The lowest BCUT2D eigenvalue weighted by molar-refractivity contribution is -0.155. The fourth-order valence-corrected chi connectivity index (χ4v) is 1.45. The lowest BCUT2D eigenvalue weighted by Crippen LogP contribution is -2.53. The number of likely N-dealkylation sites (N-methyl/N-ethyl adjacent to an activating group) is 1. The molecule has 0 radical (unpaired) electrons. The number of carbonyl (C=O) groups is 3. The topological polar surface area (TPSA) is 119 Å². The molecular formula is C12H23N3O5. The Morgan fingerprint density at radius 1 is 1.25 bits per heavy atom. The van der Waals surface area contributed by atoms with Gasteiger partial charge in [-0.3, -0.25) is 4.79 Å². The summed E-state index contributed by atoms with van der Waals surface area (Å²) in [7, 11) is 0. The molecule has 0 bridgehead atoms. The molecule has 0 spiro atoms. The quantitative estimate of drug-likeness (QED) is 0.498. The largest absolute Gasteiger partial charge is 0.479 e. The van der Waals surface area contributed by atoms with E-state index in [0.29, 0.717) is 13.1 Å². The van der Waals surface area contributed by atoms with Gasteiger partial charge in [0, 0.05) is 13.1 Å². The van der Waals surface area contributed by atoms with E-state index >= 15 is 0 Å². The lowest BCUT2D eigenvalue weighted by atomic mass is 10.1. The van der Waals surface area contributed by atoms with Crippen molar-refractivity contribution in [2.75, 3.05) is 19.6 Å². The molecule has 20 heavy (non-hydrogen) atoms. The summed E-state index contributed by atoms with van der Waals surface area (Å²) in [5, 5.41) is 22.7. The minimum atomic E-state index is -2.05. The minimum absolute atomic E-state index is 0.227. The van der Waals surface area contributed by atoms with Gasteiger partial charge in [-0.1, -0.05) is 0 Å². The van der Waals surface area contributed by atoms with Crippen LogP contribution in [0, 0.1) is 0 Å². The van der Waals surface area contributed by atoms with Crippen LogP contribution in [0.25, 0.3) is 0 Å². The van der Waals surface area contributed by atoms with Crippen LogP contribution in [-0.2, 0) is 9.59 Å². The zero-order valence-electron chi connectivity index (χ0n) is 12.3. The molecule has 2 unspecified atom stereocenters. The molecule has 0 saturated heterocycles. The maximum Gasteiger partial charge on any atom is 0.337 e. The normalized spacial score (nSPS) is 14.8. The molecule has 116 valence electrons. The van der Waals surface area contributed by atoms with Crippen molar-refractivity contribution in [1.82, 2.24) is 15.5 Å². The Morgan fingerprint density at radius 2 is 1.75 bits per heavy atom. The van der Waals surface area contributed by atoms with Gasteiger partial charge in [0.2, 0.25) is 5.91 Å². The number of hydrogen-bond donors (Lipinski definition) is 4. The fraction of sp³-hybridized carbons (Fsp3) is 0.750. The number of urea groups is 1. The average molecular weight is 289 g/mol. The van der Waals surface area contributed by atoms with E-state index in [4.69, 9.17) is 5.11 Å². The third-order valence-electron chi connectivity index (χ3n) is 2.85. The maximum atomic E-state index is 11.9. The number of carboxylic acid groups (broad SMARTS) is 1. The number of aliphatic hydroxyl groups is 1. The molecule has 0 aromatic heterocycles. The predicted molar refractivity (Wildman–Crippen MR) is 72.2 cm³/mol. The highest BCUT2D eigenvalue weighted by Crippen LogP contribution is 2.00. The molecule has 0 aliphatic rings. The Bertz CT molecular complexity index is 366. The van der Waals surface area contributed by atoms with Gasteiger partial charge in [0.25, 0.3) is 0 Å². The van der Waals surface area contributed by atoms with Crippen molar-refractivity contribution in [2.24, 2.45) is 0 Å². The van der Waals surface area contributed by atoms with E-state index in [0.717, 1.165) is 6.92 Å². The third kappa shape index (κ3) is 5.43. The Hall–Kier alpha value is -1.83. The van der Waals surface area contributed by atoms with E-state index in [-0.39, 0.29) is 5.91 Å². The summed E-state index contributed by atoms with van der Waals surface area (Å²) in [6.45, 7) is 6.89. The first-order valence-electron chi connectivity index (χ1n) is 6.44. The molecule has 8 heteroatoms. The van der Waals surface area contributed by atoms with E-state index in [1.807, 2.05) is 13.8 Å². The summed E-state index contributed by atoms with van der Waals surface area (Å²) in [5.74, 6) is -1.67. The first-order valence-corrected chi connectivity index (χ1v) is 6.44. The van der Waals surface area contributed by atoms with Crippen molar-refractivity contribution in [3.05, 3.63) is 0 Å². The van der Waals surface area contributed by atoms with Gasteiger partial charge in [0.05, 0.1) is 6.54 Å². The van der Waals surface area contributed by atoms with E-state index in [2.05, 4.69) is 10.6 Å². The minimum Gasteiger partial charge on any atom is -0.479 e. The summed E-state index contributed by atoms with van der Waals surface area (Å²) in [5.41, 5.74) is -2.05. The maximum absolute atomic E-state index is 11.9. The van der Waals surface area contributed by atoms with Crippen LogP contribution in [0.2, 0.25) is 0 Å². The smallest absolute Gasteiger partial charge is 0.337 e. The highest BCUT2D eigenvalue weighted by atomic mass is 16.4. The van der Waals surface area contributed by atoms with Gasteiger partial charge in [-0.25, -0.2) is 9.59 Å². The number of nitrogens with one attached hydrogen (secondary N) is 2. The van der Waals surface area contributed by atoms with Crippen LogP contribution in [0.1, 0.15) is 27.7 Å². The van der Waals surface area contributed by atoms with Gasteiger partial charge in [0.15, 0.2) is 5.60 Å². The van der Waals surface area contributed by atoms with Crippen LogP contribution in [0.4, 0.5) is 4.79 Å². The van der Waals surface area contributed by atoms with Crippen LogP contribution in [0.3, 0.4) is 0 Å². The van der Waals surface area contributed by atoms with Crippen molar-refractivity contribution in [3.63, 3.8) is 0 Å². The molecule has 0 aromatic carbocycles. The lowest BCUT2D eigenvalue weighted by Gasteiger charge is -2.24. The molecule has 2 atom stereocenters. The molecule has 0 heterocycles. The summed E-state index contributed by atoms with van der Waals surface area (Å²) < 4.78 is 0. The number of aliphatic carboxylic acids is 1. The molecule has 0 aliphatic carbocycles. The van der Waals surface area contributed by atoms with Crippen molar-refractivity contribution in [1.29, 1.82) is 0 Å². The van der Waals surface area contributed by atoms with Crippen molar-refractivity contribution < 1.29 is 24.6 Å². The van der Waals surface area contributed by atoms with Crippen molar-refractivity contribution >= 4 is 17.9 Å². The van der Waals surface area contributed by atoms with Crippen molar-refractivity contribution in [2.45, 2.75) is 39.3 Å². The van der Waals surface area contributed by atoms with Gasteiger partial charge < -0.3 is 25.7 Å². The van der Waals surface area contributed by atoms with Crippen LogP contribution >= 0.6 is 0 Å². The summed E-state index contributed by atoms with van der Waals surface area (Å²) >= 11 is 0. The average Bonchev–Trinajstić information content (AvgIpc) is 2.37. The third-order valence-corrected chi connectivity index (χ3v) is 2.85.